The number of amides is 1. The molecule has 2 rings (SSSR count). The molecule has 1 aliphatic rings. The minimum atomic E-state index is -0.488. The number of methoxy groups -OCH3 is 3. The molecule has 2 N–H and O–H groups in total. The summed E-state index contributed by atoms with van der Waals surface area (Å²) in [5.74, 6) is 1.61. The molecule has 1 atom stereocenters. The zero-order valence-electron chi connectivity index (χ0n) is 20.6. The molecule has 1 unspecified atom stereocenters. The fraction of sp³-hybridized carbons (Fsp3) is 0.667. The molecular weight excluding hydrogens is 422 g/mol. The Bertz CT molecular complexity index is 802. The number of amidine groups is 1. The lowest BCUT2D eigenvalue weighted by molar-refractivity contribution is -0.117. The molecule has 0 saturated carbocycles. The maximum Gasteiger partial charge on any atom is 0.267 e. The molecule has 9 nitrogen and oxygen atoms in total. The lowest BCUT2D eigenvalue weighted by Gasteiger charge is -2.29. The highest BCUT2D eigenvalue weighted by Crippen LogP contribution is 2.47. The Balaban J connectivity index is 2.16. The summed E-state index contributed by atoms with van der Waals surface area (Å²) < 4.78 is 16.6. The first-order valence-corrected chi connectivity index (χ1v) is 12.0. The molecule has 1 aromatic carbocycles. The largest absolute Gasteiger partial charge is 0.496 e. The number of nitrogens with zero attached hydrogens (tertiary/aromatic N) is 4. The van der Waals surface area contributed by atoms with Gasteiger partial charge in [0.2, 0.25) is 5.91 Å². The number of hydrogen-bond acceptors (Lipinski definition) is 7. The van der Waals surface area contributed by atoms with Crippen molar-refractivity contribution in [2.24, 2.45) is 21.3 Å². The van der Waals surface area contributed by atoms with Gasteiger partial charge in [0.25, 0.3) is 11.5 Å². The van der Waals surface area contributed by atoms with Crippen molar-refractivity contribution in [3.8, 4) is 17.2 Å². The molecule has 0 saturated heterocycles. The maximum absolute atomic E-state index is 11.8. The summed E-state index contributed by atoms with van der Waals surface area (Å²) in [7, 11) is 4.73. The molecule has 0 bridgehead atoms. The molecule has 1 heterocycles. The first kappa shape index (κ1) is 26.6. The predicted molar refractivity (Wildman–Crippen MR) is 131 cm³/mol. The second-order valence-corrected chi connectivity index (χ2v) is 8.39. The molecule has 9 heteroatoms. The van der Waals surface area contributed by atoms with E-state index < -0.39 is 5.91 Å². The lowest BCUT2D eigenvalue weighted by atomic mass is 10.1. The Kier molecular flexibility index (Phi) is 11.1. The standard InChI is InChI=1S/C24H39N5O4/c1-5-6-7-8-9-10-11-12-13-14-15-29(23(18-22(25)30)26-27-28-29)24-20(32-3)16-19(31-2)17-21(24)33-4/h16-17H,5-15,18H2,1-4H3,(H-,25,30)/p+1. The number of rotatable bonds is 17. The Morgan fingerprint density at radius 2 is 1.42 bits per heavy atom. The summed E-state index contributed by atoms with van der Waals surface area (Å²) in [5, 5.41) is 12.6. The van der Waals surface area contributed by atoms with E-state index in [1.54, 1.807) is 33.5 Å². The minimum Gasteiger partial charge on any atom is -0.496 e. The third-order valence-corrected chi connectivity index (χ3v) is 6.01. The molecule has 0 fully saturated rings. The molecule has 0 radical (unpaired) electrons. The Morgan fingerprint density at radius 1 is 0.879 bits per heavy atom. The summed E-state index contributed by atoms with van der Waals surface area (Å²) >= 11 is 0. The van der Waals surface area contributed by atoms with Gasteiger partial charge in [0.05, 0.1) is 26.6 Å². The van der Waals surface area contributed by atoms with E-state index >= 15 is 0 Å². The number of unbranched alkanes of at least 4 members (excludes halogenated alkanes) is 9. The van der Waals surface area contributed by atoms with Crippen LogP contribution in [0.3, 0.4) is 0 Å². The van der Waals surface area contributed by atoms with Gasteiger partial charge in [-0.2, -0.15) is 0 Å². The highest BCUT2D eigenvalue weighted by Gasteiger charge is 2.47. The molecule has 184 valence electrons. The topological polar surface area (TPSA) is 108 Å². The van der Waals surface area contributed by atoms with Gasteiger partial charge in [-0.3, -0.25) is 4.79 Å². The SMILES string of the molecule is CCCCCCCCCCCC[N+]1(c2c(OC)cc(OC)cc2OC)N=NN=C1CC(N)=O. The van der Waals surface area contributed by atoms with E-state index in [0.29, 0.717) is 35.3 Å². The zero-order chi connectivity index (χ0) is 24.1. The first-order chi connectivity index (χ1) is 16.0. The van der Waals surface area contributed by atoms with E-state index in [2.05, 4.69) is 22.5 Å². The number of benzene rings is 1. The molecule has 1 aliphatic heterocycles. The second-order valence-electron chi connectivity index (χ2n) is 8.39. The fourth-order valence-corrected chi connectivity index (χ4v) is 4.23. The van der Waals surface area contributed by atoms with Gasteiger partial charge in [-0.1, -0.05) is 68.0 Å². The third kappa shape index (κ3) is 7.15. The average Bonchev–Trinajstić information content (AvgIpc) is 3.21. The van der Waals surface area contributed by atoms with Crippen LogP contribution in [0.1, 0.15) is 77.6 Å². The summed E-state index contributed by atoms with van der Waals surface area (Å²) in [5.41, 5.74) is 6.15. The smallest absolute Gasteiger partial charge is 0.267 e. The van der Waals surface area contributed by atoms with Crippen LogP contribution in [0.5, 0.6) is 17.2 Å². The van der Waals surface area contributed by atoms with Gasteiger partial charge in [-0.15, -0.1) is 0 Å². The van der Waals surface area contributed by atoms with E-state index in [4.69, 9.17) is 19.9 Å². The van der Waals surface area contributed by atoms with Gasteiger partial charge >= 0.3 is 0 Å². The number of carbonyl (C=O) groups excluding carboxylic acids is 1. The fourth-order valence-electron chi connectivity index (χ4n) is 4.23. The van der Waals surface area contributed by atoms with Crippen LogP contribution in [-0.2, 0) is 4.79 Å². The van der Waals surface area contributed by atoms with Crippen LogP contribution in [0.15, 0.2) is 27.7 Å². The quantitative estimate of drug-likeness (QED) is 0.243. The summed E-state index contributed by atoms with van der Waals surface area (Å²) in [6, 6.07) is 3.54. The van der Waals surface area contributed by atoms with Crippen LogP contribution in [-0.4, -0.2) is 39.6 Å². The van der Waals surface area contributed by atoms with Crippen molar-refractivity contribution >= 4 is 17.4 Å². The normalized spacial score (nSPS) is 17.2. The van der Waals surface area contributed by atoms with Gasteiger partial charge in [0, 0.05) is 17.4 Å². The minimum absolute atomic E-state index is 0.0525. The van der Waals surface area contributed by atoms with Crippen molar-refractivity contribution in [3.63, 3.8) is 0 Å². The Hall–Kier alpha value is -2.68. The molecule has 0 aliphatic carbocycles. The molecule has 1 aromatic rings. The van der Waals surface area contributed by atoms with Crippen LogP contribution >= 0.6 is 0 Å². The van der Waals surface area contributed by atoms with E-state index in [9.17, 15) is 4.79 Å². The number of quaternary nitrogens is 1. The van der Waals surface area contributed by atoms with Crippen LogP contribution in [0.2, 0.25) is 0 Å². The monoisotopic (exact) mass is 462 g/mol. The van der Waals surface area contributed by atoms with Crippen LogP contribution in [0, 0.1) is 0 Å². The summed E-state index contributed by atoms with van der Waals surface area (Å²) in [4.78, 5) is 11.8. The van der Waals surface area contributed by atoms with Crippen molar-refractivity contribution in [2.45, 2.75) is 77.6 Å². The first-order valence-electron chi connectivity index (χ1n) is 12.0. The molecule has 0 spiro atoms. The highest BCUT2D eigenvalue weighted by atomic mass is 16.5. The maximum atomic E-state index is 11.8. The van der Waals surface area contributed by atoms with Crippen molar-refractivity contribution in [2.75, 3.05) is 27.9 Å². The van der Waals surface area contributed by atoms with Crippen LogP contribution < -0.4 is 24.5 Å². The van der Waals surface area contributed by atoms with Crippen molar-refractivity contribution in [1.29, 1.82) is 0 Å². The van der Waals surface area contributed by atoms with Crippen LogP contribution in [0.25, 0.3) is 0 Å². The Morgan fingerprint density at radius 3 is 1.91 bits per heavy atom. The van der Waals surface area contributed by atoms with Gasteiger partial charge < -0.3 is 19.9 Å². The molecule has 33 heavy (non-hydrogen) atoms. The van der Waals surface area contributed by atoms with Gasteiger partial charge in [0.15, 0.2) is 11.5 Å². The van der Waals surface area contributed by atoms with Gasteiger partial charge in [0.1, 0.15) is 18.7 Å². The molecule has 0 aromatic heterocycles. The average molecular weight is 463 g/mol. The third-order valence-electron chi connectivity index (χ3n) is 6.01. The number of primary amides is 1. The number of hydrogen-bond donors (Lipinski definition) is 1. The van der Waals surface area contributed by atoms with Gasteiger partial charge in [-0.25, -0.2) is 0 Å². The van der Waals surface area contributed by atoms with E-state index in [0.717, 1.165) is 19.3 Å². The van der Waals surface area contributed by atoms with Crippen molar-refractivity contribution in [1.82, 2.24) is 4.59 Å². The second kappa shape index (κ2) is 13.8. The summed E-state index contributed by atoms with van der Waals surface area (Å²) in [6.07, 6.45) is 12.1. The predicted octanol–water partition coefficient (Wildman–Crippen LogP) is 5.51. The van der Waals surface area contributed by atoms with Crippen LogP contribution in [0.4, 0.5) is 5.69 Å². The van der Waals surface area contributed by atoms with Crippen molar-refractivity contribution < 1.29 is 19.0 Å². The van der Waals surface area contributed by atoms with E-state index in [1.807, 2.05) is 0 Å². The number of carbonyl (C=O) groups is 1. The molecule has 1 amide bonds. The van der Waals surface area contributed by atoms with E-state index in [1.165, 1.54) is 44.9 Å². The summed E-state index contributed by atoms with van der Waals surface area (Å²) in [6.45, 7) is 2.82. The highest BCUT2D eigenvalue weighted by molar-refractivity contribution is 6.06. The van der Waals surface area contributed by atoms with Crippen molar-refractivity contribution in [3.05, 3.63) is 12.1 Å². The lowest BCUT2D eigenvalue weighted by Crippen LogP contribution is -2.50. The number of nitrogens with two attached hydrogens (primary N) is 1. The van der Waals surface area contributed by atoms with E-state index in [-0.39, 0.29) is 11.0 Å². The molecular formula is C24H40N5O4+. The van der Waals surface area contributed by atoms with Gasteiger partial charge in [-0.05, 0) is 12.8 Å². The zero-order valence-corrected chi connectivity index (χ0v) is 20.6. The Labute approximate surface area is 197 Å². The number of ether oxygens (including phenoxy) is 3.